The third-order valence-electron chi connectivity index (χ3n) is 5.69. The maximum absolute atomic E-state index is 13.8. The van der Waals surface area contributed by atoms with E-state index in [4.69, 9.17) is 4.52 Å². The summed E-state index contributed by atoms with van der Waals surface area (Å²) in [5.74, 6) is -1.15. The van der Waals surface area contributed by atoms with E-state index in [-0.39, 0.29) is 12.8 Å². The number of aliphatic hydroxyl groups excluding tert-OH is 1. The van der Waals surface area contributed by atoms with Crippen molar-refractivity contribution in [1.82, 2.24) is 4.90 Å². The molecule has 1 N–H and O–H groups in total. The van der Waals surface area contributed by atoms with Crippen LogP contribution >= 0.6 is 7.37 Å². The van der Waals surface area contributed by atoms with Gasteiger partial charge in [-0.05, 0) is 30.0 Å². The number of benzene rings is 3. The minimum Gasteiger partial charge on any atom is -0.381 e. The van der Waals surface area contributed by atoms with Crippen LogP contribution in [0.4, 0.5) is 0 Å². The Morgan fingerprint density at radius 2 is 1.33 bits per heavy atom. The first kappa shape index (κ1) is 25.1. The highest BCUT2D eigenvalue weighted by Crippen LogP contribution is 2.53. The summed E-state index contributed by atoms with van der Waals surface area (Å²) in [5, 5.41) is 11.6. The maximum Gasteiger partial charge on any atom is 0.235 e. The quantitative estimate of drug-likeness (QED) is 0.245. The molecule has 0 saturated carbocycles. The van der Waals surface area contributed by atoms with E-state index in [0.29, 0.717) is 19.5 Å². The predicted octanol–water partition coefficient (Wildman–Crippen LogP) is 6.12. The first-order valence-electron chi connectivity index (χ1n) is 11.4. The first-order valence-corrected chi connectivity index (χ1v) is 13.3. The molecule has 0 amide bonds. The summed E-state index contributed by atoms with van der Waals surface area (Å²) in [4.78, 5) is 2.22. The summed E-state index contributed by atoms with van der Waals surface area (Å²) in [6.07, 6.45) is 2.27. The van der Waals surface area contributed by atoms with E-state index >= 15 is 0 Å². The molecule has 3 rings (SSSR count). The molecule has 0 heterocycles. The fraction of sp³-hybridized carbons (Fsp3) is 0.286. The van der Waals surface area contributed by atoms with E-state index in [1.165, 1.54) is 0 Å². The number of hydrogen-bond acceptors (Lipinski definition) is 4. The minimum atomic E-state index is -3.37. The van der Waals surface area contributed by atoms with Gasteiger partial charge in [0.1, 0.15) is 5.85 Å². The molecular weight excluding hydrogens is 429 g/mol. The number of rotatable bonds is 13. The minimum absolute atomic E-state index is 0.137. The highest BCUT2D eigenvalue weighted by Gasteiger charge is 2.40. The van der Waals surface area contributed by atoms with Crippen LogP contribution in [0.3, 0.4) is 0 Å². The molecule has 0 aliphatic heterocycles. The summed E-state index contributed by atoms with van der Waals surface area (Å²) in [7, 11) is -3.37. The van der Waals surface area contributed by atoms with E-state index in [1.807, 2.05) is 66.7 Å². The number of allylic oxidation sites excluding steroid dienone is 1. The average Bonchev–Trinajstić information content (AvgIpc) is 2.84. The van der Waals surface area contributed by atoms with Crippen LogP contribution in [0.5, 0.6) is 0 Å². The average molecular weight is 464 g/mol. The molecule has 0 spiro atoms. The van der Waals surface area contributed by atoms with E-state index in [1.54, 1.807) is 13.0 Å². The second kappa shape index (κ2) is 12.7. The van der Waals surface area contributed by atoms with Gasteiger partial charge in [-0.15, -0.1) is 6.58 Å². The lowest BCUT2D eigenvalue weighted by molar-refractivity contribution is 0.0737. The van der Waals surface area contributed by atoms with Gasteiger partial charge < -0.3 is 9.63 Å². The molecule has 0 aromatic heterocycles. The summed E-state index contributed by atoms with van der Waals surface area (Å²) >= 11 is 0. The second-order valence-electron chi connectivity index (χ2n) is 8.16. The standard InChI is InChI=1S/C28H34NO3P/c1-3-20-33(31,32-4-2)28(30)27(21-24-14-8-5-9-15-24)29(22-25-16-10-6-11-17-25)23-26-18-12-7-13-19-26/h3,5-19,27-28,30H,1,4,20-23H2,2H3/t27-,28+,33?/m0/s1. The van der Waals surface area contributed by atoms with Crippen molar-refractivity contribution in [3.05, 3.63) is 120 Å². The first-order chi connectivity index (χ1) is 16.1. The molecule has 0 saturated heterocycles. The molecular formula is C28H34NO3P. The van der Waals surface area contributed by atoms with Crippen molar-refractivity contribution < 1.29 is 14.2 Å². The Bertz CT molecular complexity index is 970. The molecule has 0 bridgehead atoms. The molecule has 0 fully saturated rings. The van der Waals surface area contributed by atoms with E-state index in [0.717, 1.165) is 16.7 Å². The zero-order chi connectivity index (χ0) is 23.5. The Morgan fingerprint density at radius 1 is 0.879 bits per heavy atom. The van der Waals surface area contributed by atoms with Crippen molar-refractivity contribution in [2.75, 3.05) is 12.8 Å². The third-order valence-corrected chi connectivity index (χ3v) is 8.30. The van der Waals surface area contributed by atoms with Crippen LogP contribution in [0.15, 0.2) is 104 Å². The van der Waals surface area contributed by atoms with Gasteiger partial charge in [0.05, 0.1) is 6.61 Å². The fourth-order valence-electron chi connectivity index (χ4n) is 4.10. The third kappa shape index (κ3) is 7.25. The lowest BCUT2D eigenvalue weighted by Crippen LogP contribution is -2.45. The highest BCUT2D eigenvalue weighted by molar-refractivity contribution is 7.59. The Kier molecular flexibility index (Phi) is 9.65. The number of nitrogens with zero attached hydrogens (tertiary/aromatic N) is 1. The van der Waals surface area contributed by atoms with Crippen molar-refractivity contribution in [3.63, 3.8) is 0 Å². The van der Waals surface area contributed by atoms with Gasteiger partial charge in [0.2, 0.25) is 7.37 Å². The molecule has 0 aliphatic rings. The summed E-state index contributed by atoms with van der Waals surface area (Å²) in [5.41, 5.74) is 3.34. The molecule has 174 valence electrons. The molecule has 0 radical (unpaired) electrons. The predicted molar refractivity (Wildman–Crippen MR) is 136 cm³/mol. The van der Waals surface area contributed by atoms with Gasteiger partial charge in [-0.1, -0.05) is 97.1 Å². The van der Waals surface area contributed by atoms with E-state index in [2.05, 4.69) is 35.7 Å². The van der Waals surface area contributed by atoms with Gasteiger partial charge in [-0.2, -0.15) is 0 Å². The van der Waals surface area contributed by atoms with Crippen molar-refractivity contribution in [2.24, 2.45) is 0 Å². The normalized spacial score (nSPS) is 15.0. The largest absolute Gasteiger partial charge is 0.381 e. The SMILES string of the molecule is C=CCP(=O)(OCC)[C@@H](O)[C@H](Cc1ccccc1)N(Cc1ccccc1)Cc1ccccc1. The summed E-state index contributed by atoms with van der Waals surface area (Å²) < 4.78 is 19.5. The molecule has 3 aromatic rings. The van der Waals surface area contributed by atoms with Crippen LogP contribution in [0, 0.1) is 0 Å². The lowest BCUT2D eigenvalue weighted by atomic mass is 10.0. The molecule has 0 aliphatic carbocycles. The summed E-state index contributed by atoms with van der Waals surface area (Å²) in [6, 6.07) is 30.0. The Hall–Kier alpha value is -2.49. The second-order valence-corrected chi connectivity index (χ2v) is 10.8. The van der Waals surface area contributed by atoms with Gasteiger partial charge in [0.25, 0.3) is 0 Å². The van der Waals surface area contributed by atoms with E-state index < -0.39 is 19.3 Å². The van der Waals surface area contributed by atoms with E-state index in [9.17, 15) is 9.67 Å². The van der Waals surface area contributed by atoms with Crippen LogP contribution in [-0.4, -0.2) is 34.7 Å². The monoisotopic (exact) mass is 463 g/mol. The van der Waals surface area contributed by atoms with Crippen LogP contribution in [0.1, 0.15) is 23.6 Å². The molecule has 3 aromatic carbocycles. The van der Waals surface area contributed by atoms with Crippen LogP contribution in [0.2, 0.25) is 0 Å². The van der Waals surface area contributed by atoms with Crippen molar-refractivity contribution in [2.45, 2.75) is 38.3 Å². The zero-order valence-corrected chi connectivity index (χ0v) is 20.2. The highest BCUT2D eigenvalue weighted by atomic mass is 31.2. The topological polar surface area (TPSA) is 49.8 Å². The van der Waals surface area contributed by atoms with Gasteiger partial charge in [0.15, 0.2) is 0 Å². The van der Waals surface area contributed by atoms with Crippen LogP contribution < -0.4 is 0 Å². The van der Waals surface area contributed by atoms with Gasteiger partial charge >= 0.3 is 0 Å². The zero-order valence-electron chi connectivity index (χ0n) is 19.3. The number of aliphatic hydroxyl groups is 1. The molecule has 5 heteroatoms. The van der Waals surface area contributed by atoms with Crippen molar-refractivity contribution in [1.29, 1.82) is 0 Å². The van der Waals surface area contributed by atoms with Crippen molar-refractivity contribution in [3.8, 4) is 0 Å². The number of hydrogen-bond donors (Lipinski definition) is 1. The molecule has 33 heavy (non-hydrogen) atoms. The van der Waals surface area contributed by atoms with Crippen LogP contribution in [0.25, 0.3) is 0 Å². The molecule has 1 unspecified atom stereocenters. The molecule has 3 atom stereocenters. The van der Waals surface area contributed by atoms with Gasteiger partial charge in [-0.3, -0.25) is 9.46 Å². The smallest absolute Gasteiger partial charge is 0.235 e. The Morgan fingerprint density at radius 3 is 1.76 bits per heavy atom. The van der Waals surface area contributed by atoms with Gasteiger partial charge in [-0.25, -0.2) is 0 Å². The Labute approximate surface area is 198 Å². The van der Waals surface area contributed by atoms with Gasteiger partial charge in [0, 0.05) is 25.3 Å². The Balaban J connectivity index is 2.02. The lowest BCUT2D eigenvalue weighted by Gasteiger charge is -2.38. The summed E-state index contributed by atoms with van der Waals surface area (Å²) in [6.45, 7) is 7.07. The fourth-order valence-corrected chi connectivity index (χ4v) is 6.19. The van der Waals surface area contributed by atoms with Crippen molar-refractivity contribution >= 4 is 7.37 Å². The maximum atomic E-state index is 13.8. The van der Waals surface area contributed by atoms with Crippen LogP contribution in [-0.2, 0) is 28.6 Å². The molecule has 4 nitrogen and oxygen atoms in total.